The lowest BCUT2D eigenvalue weighted by Gasteiger charge is -2.53. The number of likely N-dealkylation sites (tertiary alicyclic amines) is 1. The fourth-order valence-electron chi connectivity index (χ4n) is 4.52. The third kappa shape index (κ3) is 4.69. The van der Waals surface area contributed by atoms with Gasteiger partial charge in [-0.05, 0) is 49.4 Å². The van der Waals surface area contributed by atoms with Crippen molar-refractivity contribution in [2.24, 2.45) is 5.41 Å². The molecule has 2 aromatic carbocycles. The van der Waals surface area contributed by atoms with Gasteiger partial charge in [0.05, 0.1) is 12.0 Å². The van der Waals surface area contributed by atoms with Crippen LogP contribution in [0.2, 0.25) is 0 Å². The molecular weight excluding hydrogens is 432 g/mol. The molecule has 2 N–H and O–H groups in total. The molecule has 0 aliphatic carbocycles. The summed E-state index contributed by atoms with van der Waals surface area (Å²) in [6.07, 6.45) is 2.40. The molecule has 1 aliphatic rings. The number of carboxylic acids is 1. The molecule has 0 saturated carbocycles. The van der Waals surface area contributed by atoms with E-state index >= 15 is 0 Å². The Hall–Kier alpha value is -3.61. The molecule has 2 aromatic rings. The number of benzene rings is 2. The van der Waals surface area contributed by atoms with Crippen molar-refractivity contribution in [3.63, 3.8) is 0 Å². The normalized spacial score (nSPS) is 18.4. The molecule has 7 heteroatoms. The molecule has 7 nitrogen and oxygen atoms in total. The summed E-state index contributed by atoms with van der Waals surface area (Å²) >= 11 is 0. The average Bonchev–Trinajstić information content (AvgIpc) is 2.81. The van der Waals surface area contributed by atoms with Crippen LogP contribution in [0.4, 0.5) is 4.79 Å². The molecule has 2 atom stereocenters. The Morgan fingerprint density at radius 3 is 2.29 bits per heavy atom. The van der Waals surface area contributed by atoms with E-state index in [0.717, 1.165) is 10.5 Å². The van der Waals surface area contributed by atoms with Gasteiger partial charge in [-0.1, -0.05) is 62.4 Å². The third-order valence-electron chi connectivity index (χ3n) is 6.71. The number of urea groups is 1. The number of nitrogens with one attached hydrogen (secondary N) is 1. The van der Waals surface area contributed by atoms with Gasteiger partial charge in [-0.15, -0.1) is 6.58 Å². The van der Waals surface area contributed by atoms with E-state index < -0.39 is 29.2 Å². The number of β-lactam (4-membered cyclic amide) rings is 1. The van der Waals surface area contributed by atoms with Crippen molar-refractivity contribution in [2.45, 2.75) is 58.2 Å². The standard InChI is InChI=1S/C27H32N2O5/c1-5-17-26(4,20-11-9-8-10-12-20)28-25(33)29-23(32)27(6-2,7-3)24(29)34-21-15-13-19(14-16-21)18-22(30)31/h5,8-16,24H,1,6-7,17-18H2,2-4H3,(H,28,33)(H,30,31)/t24-,26+/m0/s1. The number of carbonyl (C=O) groups excluding carboxylic acids is 2. The number of rotatable bonds is 10. The van der Waals surface area contributed by atoms with Gasteiger partial charge in [-0.25, -0.2) is 9.69 Å². The first-order valence-corrected chi connectivity index (χ1v) is 11.5. The summed E-state index contributed by atoms with van der Waals surface area (Å²) in [5.41, 5.74) is -0.0157. The van der Waals surface area contributed by atoms with Gasteiger partial charge in [0.25, 0.3) is 0 Å². The maximum atomic E-state index is 13.4. The van der Waals surface area contributed by atoms with E-state index in [9.17, 15) is 14.4 Å². The molecule has 1 fully saturated rings. The number of imide groups is 1. The van der Waals surface area contributed by atoms with Crippen LogP contribution in [0.25, 0.3) is 0 Å². The molecule has 3 rings (SSSR count). The molecular formula is C27H32N2O5. The van der Waals surface area contributed by atoms with Crippen molar-refractivity contribution in [2.75, 3.05) is 0 Å². The van der Waals surface area contributed by atoms with Crippen molar-refractivity contribution in [3.05, 3.63) is 78.4 Å². The maximum absolute atomic E-state index is 13.4. The molecule has 0 aromatic heterocycles. The molecule has 1 heterocycles. The Morgan fingerprint density at radius 1 is 1.15 bits per heavy atom. The minimum Gasteiger partial charge on any atom is -0.481 e. The molecule has 1 saturated heterocycles. The highest BCUT2D eigenvalue weighted by Gasteiger charge is 2.63. The Kier molecular flexibility index (Phi) is 7.44. The van der Waals surface area contributed by atoms with E-state index in [1.165, 1.54) is 0 Å². The molecule has 0 radical (unpaired) electrons. The highest BCUT2D eigenvalue weighted by molar-refractivity contribution is 6.03. The van der Waals surface area contributed by atoms with Crippen LogP contribution in [0, 0.1) is 5.41 Å². The van der Waals surface area contributed by atoms with Crippen molar-refractivity contribution < 1.29 is 24.2 Å². The zero-order chi connectivity index (χ0) is 24.9. The van der Waals surface area contributed by atoms with Crippen LogP contribution < -0.4 is 10.1 Å². The number of hydrogen-bond donors (Lipinski definition) is 2. The summed E-state index contributed by atoms with van der Waals surface area (Å²) in [4.78, 5) is 38.7. The second-order valence-electron chi connectivity index (χ2n) is 8.84. The van der Waals surface area contributed by atoms with E-state index in [-0.39, 0.29) is 12.3 Å². The van der Waals surface area contributed by atoms with Gasteiger partial charge in [0.15, 0.2) is 6.23 Å². The van der Waals surface area contributed by atoms with E-state index in [1.807, 2.05) is 51.1 Å². The van der Waals surface area contributed by atoms with Crippen LogP contribution in [0.5, 0.6) is 5.75 Å². The quantitative estimate of drug-likeness (QED) is 0.386. The number of aliphatic carboxylic acids is 1. The van der Waals surface area contributed by atoms with Crippen LogP contribution in [-0.2, 0) is 21.5 Å². The first-order chi connectivity index (χ1) is 16.2. The van der Waals surface area contributed by atoms with Crippen LogP contribution in [0.1, 0.15) is 51.2 Å². The Morgan fingerprint density at radius 2 is 1.76 bits per heavy atom. The second-order valence-corrected chi connectivity index (χ2v) is 8.84. The largest absolute Gasteiger partial charge is 0.481 e. The van der Waals surface area contributed by atoms with Crippen LogP contribution >= 0.6 is 0 Å². The van der Waals surface area contributed by atoms with Gasteiger partial charge >= 0.3 is 12.0 Å². The second kappa shape index (κ2) is 10.1. The topological polar surface area (TPSA) is 95.9 Å². The number of ether oxygens (including phenoxy) is 1. The van der Waals surface area contributed by atoms with Crippen LogP contribution in [0.3, 0.4) is 0 Å². The fourth-order valence-corrected chi connectivity index (χ4v) is 4.52. The molecule has 0 unspecified atom stereocenters. The molecule has 0 bridgehead atoms. The lowest BCUT2D eigenvalue weighted by Crippen LogP contribution is -2.74. The summed E-state index contributed by atoms with van der Waals surface area (Å²) in [7, 11) is 0. The summed E-state index contributed by atoms with van der Waals surface area (Å²) in [6, 6.07) is 15.7. The molecule has 180 valence electrons. The van der Waals surface area contributed by atoms with Gasteiger partial charge in [0.1, 0.15) is 11.2 Å². The molecule has 3 amide bonds. The van der Waals surface area contributed by atoms with Gasteiger partial charge in [0.2, 0.25) is 5.91 Å². The van der Waals surface area contributed by atoms with E-state index in [0.29, 0.717) is 30.6 Å². The monoisotopic (exact) mass is 464 g/mol. The number of nitrogens with zero attached hydrogens (tertiary/aromatic N) is 1. The van der Waals surface area contributed by atoms with Gasteiger partial charge in [0, 0.05) is 0 Å². The minimum absolute atomic E-state index is 0.0913. The van der Waals surface area contributed by atoms with Crippen molar-refractivity contribution in [1.29, 1.82) is 0 Å². The van der Waals surface area contributed by atoms with E-state index in [2.05, 4.69) is 11.9 Å². The van der Waals surface area contributed by atoms with Crippen molar-refractivity contribution in [3.8, 4) is 5.75 Å². The first kappa shape index (κ1) is 25.0. The SMILES string of the molecule is C=CC[C@@](C)(NC(=O)N1C(=O)C(CC)(CC)[C@@H]1Oc1ccc(CC(=O)O)cc1)c1ccccc1. The Labute approximate surface area is 200 Å². The predicted octanol–water partition coefficient (Wildman–Crippen LogP) is 4.87. The maximum Gasteiger partial charge on any atom is 0.327 e. The fraction of sp³-hybridized carbons (Fsp3) is 0.370. The zero-order valence-corrected chi connectivity index (χ0v) is 19.9. The van der Waals surface area contributed by atoms with Crippen molar-refractivity contribution >= 4 is 17.9 Å². The van der Waals surface area contributed by atoms with Gasteiger partial charge in [-0.2, -0.15) is 0 Å². The summed E-state index contributed by atoms with van der Waals surface area (Å²) in [5.74, 6) is -0.720. The summed E-state index contributed by atoms with van der Waals surface area (Å²) < 4.78 is 6.17. The highest BCUT2D eigenvalue weighted by atomic mass is 16.5. The highest BCUT2D eigenvalue weighted by Crippen LogP contribution is 2.46. The Balaban J connectivity index is 1.86. The first-order valence-electron chi connectivity index (χ1n) is 11.5. The summed E-state index contributed by atoms with van der Waals surface area (Å²) in [6.45, 7) is 9.55. The predicted molar refractivity (Wildman–Crippen MR) is 129 cm³/mol. The summed E-state index contributed by atoms with van der Waals surface area (Å²) in [5, 5.41) is 12.0. The lowest BCUT2D eigenvalue weighted by atomic mass is 9.72. The van der Waals surface area contributed by atoms with Crippen LogP contribution in [-0.4, -0.2) is 34.1 Å². The van der Waals surface area contributed by atoms with Gasteiger partial charge in [-0.3, -0.25) is 9.59 Å². The number of carboxylic acid groups (broad SMARTS) is 1. The number of carbonyl (C=O) groups is 3. The number of amides is 3. The van der Waals surface area contributed by atoms with E-state index in [1.54, 1.807) is 30.3 Å². The van der Waals surface area contributed by atoms with Crippen molar-refractivity contribution in [1.82, 2.24) is 10.2 Å². The van der Waals surface area contributed by atoms with Gasteiger partial charge < -0.3 is 15.2 Å². The van der Waals surface area contributed by atoms with E-state index in [4.69, 9.17) is 9.84 Å². The molecule has 0 spiro atoms. The van der Waals surface area contributed by atoms with Crippen LogP contribution in [0.15, 0.2) is 67.3 Å². The number of hydrogen-bond acceptors (Lipinski definition) is 4. The minimum atomic E-state index is -0.918. The average molecular weight is 465 g/mol. The molecule has 34 heavy (non-hydrogen) atoms. The third-order valence-corrected chi connectivity index (χ3v) is 6.71. The zero-order valence-electron chi connectivity index (χ0n) is 19.9. The Bertz CT molecular complexity index is 1050. The smallest absolute Gasteiger partial charge is 0.327 e. The lowest BCUT2D eigenvalue weighted by molar-refractivity contribution is -0.191. The molecule has 1 aliphatic heterocycles.